The van der Waals surface area contributed by atoms with E-state index in [1.807, 2.05) is 11.4 Å². The van der Waals surface area contributed by atoms with Gasteiger partial charge in [-0.05, 0) is 40.4 Å². The SMILES string of the molecule is Cc1cc(Br)cn(Cc2nc(Cl)c3ccsc3n2)c1=O. The molecule has 0 radical (unpaired) electrons. The lowest BCUT2D eigenvalue weighted by molar-refractivity contribution is 0.711. The zero-order valence-corrected chi connectivity index (χ0v) is 13.6. The van der Waals surface area contributed by atoms with Crippen molar-refractivity contribution in [1.29, 1.82) is 0 Å². The molecule has 0 atom stereocenters. The monoisotopic (exact) mass is 369 g/mol. The first-order valence-electron chi connectivity index (χ1n) is 5.81. The standard InChI is InChI=1S/C13H9BrClN3OS/c1-7-4-8(14)5-18(13(7)19)6-10-16-11(15)9-2-3-20-12(9)17-10/h2-5H,6H2,1H3. The number of aryl methyl sites for hydroxylation is 1. The van der Waals surface area contributed by atoms with Crippen molar-refractivity contribution in [3.8, 4) is 0 Å². The number of hydrogen-bond donors (Lipinski definition) is 0. The van der Waals surface area contributed by atoms with Crippen LogP contribution in [0, 0.1) is 6.92 Å². The van der Waals surface area contributed by atoms with Crippen molar-refractivity contribution in [2.45, 2.75) is 13.5 Å². The first-order chi connectivity index (χ1) is 9.54. The molecule has 7 heteroatoms. The molecule has 0 spiro atoms. The minimum absolute atomic E-state index is 0.0563. The van der Waals surface area contributed by atoms with E-state index >= 15 is 0 Å². The lowest BCUT2D eigenvalue weighted by atomic mass is 10.3. The Morgan fingerprint density at radius 1 is 1.45 bits per heavy atom. The number of hydrogen-bond acceptors (Lipinski definition) is 4. The van der Waals surface area contributed by atoms with Gasteiger partial charge < -0.3 is 4.57 Å². The average molecular weight is 371 g/mol. The molecule has 0 saturated carbocycles. The molecule has 0 N–H and O–H groups in total. The molecule has 0 aliphatic heterocycles. The van der Waals surface area contributed by atoms with Gasteiger partial charge in [0.15, 0.2) is 5.82 Å². The number of rotatable bonds is 2. The second-order valence-electron chi connectivity index (χ2n) is 4.34. The number of fused-ring (bicyclic) bond motifs is 1. The summed E-state index contributed by atoms with van der Waals surface area (Å²) in [6.07, 6.45) is 1.73. The van der Waals surface area contributed by atoms with E-state index in [0.717, 1.165) is 14.7 Å². The fourth-order valence-corrected chi connectivity index (χ4v) is 3.62. The minimum atomic E-state index is -0.0563. The minimum Gasteiger partial charge on any atom is -0.307 e. The molecule has 3 aromatic heterocycles. The van der Waals surface area contributed by atoms with Crippen LogP contribution < -0.4 is 5.56 Å². The molecular weight excluding hydrogens is 362 g/mol. The van der Waals surface area contributed by atoms with Crippen LogP contribution in [0.15, 0.2) is 33.0 Å². The number of nitrogens with zero attached hydrogens (tertiary/aromatic N) is 3. The van der Waals surface area contributed by atoms with Gasteiger partial charge in [-0.3, -0.25) is 4.79 Å². The summed E-state index contributed by atoms with van der Waals surface area (Å²) >= 11 is 11.0. The fourth-order valence-electron chi connectivity index (χ4n) is 1.94. The topological polar surface area (TPSA) is 47.8 Å². The highest BCUT2D eigenvalue weighted by molar-refractivity contribution is 9.10. The summed E-state index contributed by atoms with van der Waals surface area (Å²) in [4.78, 5) is 21.6. The van der Waals surface area contributed by atoms with Gasteiger partial charge in [0, 0.05) is 21.6 Å². The summed E-state index contributed by atoms with van der Waals surface area (Å²) in [7, 11) is 0. The Kier molecular flexibility index (Phi) is 3.62. The summed E-state index contributed by atoms with van der Waals surface area (Å²) in [5.74, 6) is 0.532. The lowest BCUT2D eigenvalue weighted by Gasteiger charge is -2.07. The molecule has 3 rings (SSSR count). The molecule has 102 valence electrons. The van der Waals surface area contributed by atoms with E-state index in [-0.39, 0.29) is 5.56 Å². The average Bonchev–Trinajstić information content (AvgIpc) is 2.84. The van der Waals surface area contributed by atoms with Crippen LogP contribution in [0.5, 0.6) is 0 Å². The first-order valence-corrected chi connectivity index (χ1v) is 7.86. The van der Waals surface area contributed by atoms with E-state index < -0.39 is 0 Å². The van der Waals surface area contributed by atoms with E-state index in [9.17, 15) is 4.79 Å². The maximum atomic E-state index is 12.1. The van der Waals surface area contributed by atoms with Crippen LogP contribution >= 0.6 is 38.9 Å². The van der Waals surface area contributed by atoms with E-state index in [0.29, 0.717) is 23.1 Å². The Morgan fingerprint density at radius 3 is 3.05 bits per heavy atom. The van der Waals surface area contributed by atoms with Crippen molar-refractivity contribution in [3.05, 3.63) is 55.1 Å². The molecule has 0 aliphatic rings. The molecule has 0 unspecified atom stereocenters. The summed E-state index contributed by atoms with van der Waals surface area (Å²) < 4.78 is 2.42. The zero-order valence-electron chi connectivity index (χ0n) is 10.4. The van der Waals surface area contributed by atoms with Crippen molar-refractivity contribution in [2.24, 2.45) is 0 Å². The van der Waals surface area contributed by atoms with Crippen LogP contribution in [-0.4, -0.2) is 14.5 Å². The van der Waals surface area contributed by atoms with E-state index in [2.05, 4.69) is 25.9 Å². The zero-order chi connectivity index (χ0) is 14.3. The van der Waals surface area contributed by atoms with Gasteiger partial charge in [0.2, 0.25) is 0 Å². The third-order valence-electron chi connectivity index (χ3n) is 2.87. The van der Waals surface area contributed by atoms with Gasteiger partial charge in [-0.25, -0.2) is 9.97 Å². The number of pyridine rings is 1. The van der Waals surface area contributed by atoms with Gasteiger partial charge in [0.05, 0.1) is 6.54 Å². The molecule has 3 aromatic rings. The predicted octanol–water partition coefficient (Wildman–Crippen LogP) is 3.63. The Hall–Kier alpha value is -1.24. The second-order valence-corrected chi connectivity index (χ2v) is 6.51. The first kappa shape index (κ1) is 13.7. The summed E-state index contributed by atoms with van der Waals surface area (Å²) in [5.41, 5.74) is 0.613. The summed E-state index contributed by atoms with van der Waals surface area (Å²) in [5, 5.41) is 3.19. The molecule has 20 heavy (non-hydrogen) atoms. The molecular formula is C13H9BrClN3OS. The molecule has 0 fully saturated rings. The largest absolute Gasteiger partial charge is 0.307 e. The molecule has 0 aromatic carbocycles. The van der Waals surface area contributed by atoms with Crippen molar-refractivity contribution < 1.29 is 0 Å². The molecule has 0 saturated heterocycles. The summed E-state index contributed by atoms with van der Waals surface area (Å²) in [6, 6.07) is 3.68. The predicted molar refractivity (Wildman–Crippen MR) is 84.7 cm³/mol. The van der Waals surface area contributed by atoms with Crippen molar-refractivity contribution >= 4 is 49.1 Å². The second kappa shape index (κ2) is 5.27. The quantitative estimate of drug-likeness (QED) is 0.647. The van der Waals surface area contributed by atoms with Crippen molar-refractivity contribution in [1.82, 2.24) is 14.5 Å². The van der Waals surface area contributed by atoms with Crippen LogP contribution in [0.1, 0.15) is 11.4 Å². The van der Waals surface area contributed by atoms with Gasteiger partial charge in [-0.1, -0.05) is 11.6 Å². The van der Waals surface area contributed by atoms with Crippen molar-refractivity contribution in [2.75, 3.05) is 0 Å². The Labute approximate surface area is 132 Å². The Bertz CT molecular complexity index is 858. The highest BCUT2D eigenvalue weighted by Gasteiger charge is 2.09. The summed E-state index contributed by atoms with van der Waals surface area (Å²) in [6.45, 7) is 2.08. The number of halogens is 2. The maximum Gasteiger partial charge on any atom is 0.253 e. The number of thiophene rings is 1. The van der Waals surface area contributed by atoms with E-state index in [1.54, 1.807) is 23.8 Å². The molecule has 3 heterocycles. The third kappa shape index (κ3) is 2.51. The fraction of sp³-hybridized carbons (Fsp3) is 0.154. The normalized spacial score (nSPS) is 11.2. The smallest absolute Gasteiger partial charge is 0.253 e. The highest BCUT2D eigenvalue weighted by Crippen LogP contribution is 2.24. The highest BCUT2D eigenvalue weighted by atomic mass is 79.9. The Morgan fingerprint density at radius 2 is 2.25 bits per heavy atom. The van der Waals surface area contributed by atoms with Gasteiger partial charge in [-0.15, -0.1) is 11.3 Å². The molecule has 4 nitrogen and oxygen atoms in total. The van der Waals surface area contributed by atoms with Crippen LogP contribution in [0.2, 0.25) is 5.15 Å². The van der Waals surface area contributed by atoms with Gasteiger partial charge in [0.1, 0.15) is 9.98 Å². The maximum absolute atomic E-state index is 12.1. The third-order valence-corrected chi connectivity index (χ3v) is 4.40. The molecule has 0 bridgehead atoms. The van der Waals surface area contributed by atoms with E-state index in [4.69, 9.17) is 11.6 Å². The van der Waals surface area contributed by atoms with Crippen LogP contribution in [0.25, 0.3) is 10.2 Å². The van der Waals surface area contributed by atoms with Crippen LogP contribution in [0.3, 0.4) is 0 Å². The number of aromatic nitrogens is 3. The van der Waals surface area contributed by atoms with Gasteiger partial charge >= 0.3 is 0 Å². The van der Waals surface area contributed by atoms with Crippen LogP contribution in [0.4, 0.5) is 0 Å². The molecule has 0 aliphatic carbocycles. The lowest BCUT2D eigenvalue weighted by Crippen LogP contribution is -2.23. The van der Waals surface area contributed by atoms with Gasteiger partial charge in [-0.2, -0.15) is 0 Å². The molecule has 0 amide bonds. The van der Waals surface area contributed by atoms with Gasteiger partial charge in [0.25, 0.3) is 5.56 Å². The van der Waals surface area contributed by atoms with Crippen LogP contribution in [-0.2, 0) is 6.54 Å². The van der Waals surface area contributed by atoms with E-state index in [1.165, 1.54) is 11.3 Å². The Balaban J connectivity index is 2.07. The van der Waals surface area contributed by atoms with Crippen molar-refractivity contribution in [3.63, 3.8) is 0 Å².